The predicted octanol–water partition coefficient (Wildman–Crippen LogP) is 1.27. The molecule has 1 amide bonds. The summed E-state index contributed by atoms with van der Waals surface area (Å²) in [6.45, 7) is 0. The molecule has 0 atom stereocenters. The molecule has 0 bridgehead atoms. The second kappa shape index (κ2) is 4.07. The van der Waals surface area contributed by atoms with E-state index in [1.165, 1.54) is 29.7 Å². The molecule has 0 heterocycles. The van der Waals surface area contributed by atoms with Crippen molar-refractivity contribution >= 4 is 17.3 Å². The summed E-state index contributed by atoms with van der Waals surface area (Å²) in [5.41, 5.74) is 9.75. The number of anilines is 2. The van der Waals surface area contributed by atoms with E-state index < -0.39 is 12.1 Å². The molecule has 15 heavy (non-hydrogen) atoms. The van der Waals surface area contributed by atoms with Crippen LogP contribution in [0.25, 0.3) is 0 Å². The molecule has 0 aliphatic heterocycles. The Morgan fingerprint density at radius 2 is 1.73 bits per heavy atom. The first-order valence-electron chi connectivity index (χ1n) is 3.88. The molecule has 1 aromatic carbocycles. The SMILES string of the molecule is Nc1ccc(NNC(=O)C(F)(F)F)cc1. The number of alkyl halides is 3. The van der Waals surface area contributed by atoms with E-state index in [4.69, 9.17) is 5.73 Å². The summed E-state index contributed by atoms with van der Waals surface area (Å²) < 4.78 is 35.2. The van der Waals surface area contributed by atoms with Crippen LogP contribution in [0.5, 0.6) is 0 Å². The highest BCUT2D eigenvalue weighted by molar-refractivity contribution is 5.82. The maximum Gasteiger partial charge on any atom is 0.472 e. The highest BCUT2D eigenvalue weighted by Gasteiger charge is 2.38. The van der Waals surface area contributed by atoms with E-state index in [-0.39, 0.29) is 0 Å². The van der Waals surface area contributed by atoms with Gasteiger partial charge < -0.3 is 5.73 Å². The van der Waals surface area contributed by atoms with E-state index >= 15 is 0 Å². The highest BCUT2D eigenvalue weighted by atomic mass is 19.4. The number of benzene rings is 1. The number of hydrogen-bond donors (Lipinski definition) is 3. The Kier molecular flexibility index (Phi) is 3.03. The Morgan fingerprint density at radius 1 is 1.20 bits per heavy atom. The Labute approximate surface area is 83.2 Å². The van der Waals surface area contributed by atoms with Crippen LogP contribution in [0.3, 0.4) is 0 Å². The molecule has 4 N–H and O–H groups in total. The minimum Gasteiger partial charge on any atom is -0.399 e. The van der Waals surface area contributed by atoms with Gasteiger partial charge in [-0.05, 0) is 24.3 Å². The summed E-state index contributed by atoms with van der Waals surface area (Å²) in [6.07, 6.45) is -4.90. The number of hydrazine groups is 1. The van der Waals surface area contributed by atoms with Crippen LogP contribution in [0.4, 0.5) is 24.5 Å². The summed E-state index contributed by atoms with van der Waals surface area (Å²) in [4.78, 5) is 10.4. The lowest BCUT2D eigenvalue weighted by Crippen LogP contribution is -2.40. The normalized spacial score (nSPS) is 10.9. The first kappa shape index (κ1) is 11.2. The zero-order chi connectivity index (χ0) is 11.5. The molecule has 0 spiro atoms. The van der Waals surface area contributed by atoms with Crippen LogP contribution in [0.1, 0.15) is 0 Å². The molecule has 1 rings (SSSR count). The predicted molar refractivity (Wildman–Crippen MR) is 48.7 cm³/mol. The third-order valence-electron chi connectivity index (χ3n) is 1.49. The van der Waals surface area contributed by atoms with Gasteiger partial charge in [0, 0.05) is 5.69 Å². The van der Waals surface area contributed by atoms with Gasteiger partial charge in [0.25, 0.3) is 0 Å². The number of nitrogens with one attached hydrogen (secondary N) is 2. The van der Waals surface area contributed by atoms with E-state index in [1.807, 2.05) is 0 Å². The van der Waals surface area contributed by atoms with Gasteiger partial charge in [-0.15, -0.1) is 0 Å². The number of hydrogen-bond acceptors (Lipinski definition) is 3. The molecule has 7 heteroatoms. The van der Waals surface area contributed by atoms with Crippen molar-refractivity contribution in [1.29, 1.82) is 0 Å². The zero-order valence-corrected chi connectivity index (χ0v) is 7.43. The van der Waals surface area contributed by atoms with Crippen LogP contribution >= 0.6 is 0 Å². The number of nitrogen functional groups attached to an aromatic ring is 1. The van der Waals surface area contributed by atoms with Gasteiger partial charge in [-0.25, -0.2) is 0 Å². The standard InChI is InChI=1S/C8H8F3N3O/c9-8(10,11)7(15)14-13-6-3-1-5(12)2-4-6/h1-4,13H,12H2,(H,14,15). The van der Waals surface area contributed by atoms with E-state index in [2.05, 4.69) is 5.43 Å². The molecule has 0 radical (unpaired) electrons. The number of amides is 1. The highest BCUT2D eigenvalue weighted by Crippen LogP contribution is 2.14. The Bertz CT molecular complexity index is 347. The van der Waals surface area contributed by atoms with Crippen molar-refractivity contribution in [3.63, 3.8) is 0 Å². The van der Waals surface area contributed by atoms with Crippen LogP contribution in [0.15, 0.2) is 24.3 Å². The van der Waals surface area contributed by atoms with Crippen molar-refractivity contribution in [2.75, 3.05) is 11.2 Å². The van der Waals surface area contributed by atoms with Crippen molar-refractivity contribution in [3.8, 4) is 0 Å². The first-order chi connectivity index (χ1) is 6.89. The molecular weight excluding hydrogens is 211 g/mol. The molecule has 0 aliphatic rings. The zero-order valence-electron chi connectivity index (χ0n) is 7.43. The van der Waals surface area contributed by atoms with Gasteiger partial charge in [0.2, 0.25) is 0 Å². The Hall–Kier alpha value is -1.92. The molecule has 0 aromatic heterocycles. The van der Waals surface area contributed by atoms with Crippen LogP contribution in [-0.2, 0) is 4.79 Å². The van der Waals surface area contributed by atoms with E-state index in [9.17, 15) is 18.0 Å². The van der Waals surface area contributed by atoms with Crippen molar-refractivity contribution in [3.05, 3.63) is 24.3 Å². The molecule has 0 saturated heterocycles. The number of carbonyl (C=O) groups excluding carboxylic acids is 1. The van der Waals surface area contributed by atoms with E-state index in [0.29, 0.717) is 11.4 Å². The van der Waals surface area contributed by atoms with Gasteiger partial charge in [0.05, 0.1) is 5.69 Å². The van der Waals surface area contributed by atoms with E-state index in [0.717, 1.165) is 0 Å². The molecule has 0 unspecified atom stereocenters. The third-order valence-corrected chi connectivity index (χ3v) is 1.49. The minimum atomic E-state index is -4.90. The first-order valence-corrected chi connectivity index (χ1v) is 3.88. The average molecular weight is 219 g/mol. The lowest BCUT2D eigenvalue weighted by molar-refractivity contribution is -0.173. The van der Waals surface area contributed by atoms with Gasteiger partial charge in [-0.2, -0.15) is 13.2 Å². The molecule has 4 nitrogen and oxygen atoms in total. The summed E-state index contributed by atoms with van der Waals surface area (Å²) in [5.74, 6) is -2.06. The van der Waals surface area contributed by atoms with Gasteiger partial charge >= 0.3 is 12.1 Å². The van der Waals surface area contributed by atoms with Crippen LogP contribution < -0.4 is 16.6 Å². The Balaban J connectivity index is 2.51. The van der Waals surface area contributed by atoms with Crippen molar-refractivity contribution in [2.24, 2.45) is 0 Å². The lowest BCUT2D eigenvalue weighted by Gasteiger charge is -2.10. The fourth-order valence-electron chi connectivity index (χ4n) is 0.766. The van der Waals surface area contributed by atoms with Gasteiger partial charge in [0.15, 0.2) is 0 Å². The summed E-state index contributed by atoms with van der Waals surface area (Å²) >= 11 is 0. The van der Waals surface area contributed by atoms with Gasteiger partial charge in [0.1, 0.15) is 0 Å². The topological polar surface area (TPSA) is 67.2 Å². The largest absolute Gasteiger partial charge is 0.472 e. The van der Waals surface area contributed by atoms with Crippen LogP contribution in [0, 0.1) is 0 Å². The quantitative estimate of drug-likeness (QED) is 0.518. The third kappa shape index (κ3) is 3.37. The fourth-order valence-corrected chi connectivity index (χ4v) is 0.766. The van der Waals surface area contributed by atoms with Crippen molar-refractivity contribution in [2.45, 2.75) is 6.18 Å². The molecule has 1 aromatic rings. The number of rotatable bonds is 2. The van der Waals surface area contributed by atoms with Crippen molar-refractivity contribution in [1.82, 2.24) is 5.43 Å². The summed E-state index contributed by atoms with van der Waals surface area (Å²) in [7, 11) is 0. The number of nitrogens with two attached hydrogens (primary N) is 1. The Morgan fingerprint density at radius 3 is 2.20 bits per heavy atom. The monoisotopic (exact) mass is 219 g/mol. The smallest absolute Gasteiger partial charge is 0.399 e. The van der Waals surface area contributed by atoms with Gasteiger partial charge in [-0.3, -0.25) is 15.6 Å². The average Bonchev–Trinajstić information content (AvgIpc) is 2.15. The minimum absolute atomic E-state index is 0.307. The second-order valence-electron chi connectivity index (χ2n) is 2.70. The molecule has 0 aliphatic carbocycles. The fraction of sp³-hybridized carbons (Fsp3) is 0.125. The lowest BCUT2D eigenvalue weighted by atomic mass is 10.3. The molecule has 0 saturated carbocycles. The van der Waals surface area contributed by atoms with E-state index in [1.54, 1.807) is 0 Å². The van der Waals surface area contributed by atoms with Crippen molar-refractivity contribution < 1.29 is 18.0 Å². The maximum absolute atomic E-state index is 11.7. The summed E-state index contributed by atoms with van der Waals surface area (Å²) in [6, 6.07) is 5.85. The molecular formula is C8H8F3N3O. The molecule has 82 valence electrons. The maximum atomic E-state index is 11.7. The number of carbonyl (C=O) groups is 1. The number of halogens is 3. The summed E-state index contributed by atoms with van der Waals surface area (Å²) in [5, 5.41) is 0. The molecule has 0 fully saturated rings. The van der Waals surface area contributed by atoms with Gasteiger partial charge in [-0.1, -0.05) is 0 Å². The second-order valence-corrected chi connectivity index (χ2v) is 2.70. The van der Waals surface area contributed by atoms with Crippen LogP contribution in [-0.4, -0.2) is 12.1 Å². The van der Waals surface area contributed by atoms with Crippen LogP contribution in [0.2, 0.25) is 0 Å².